The van der Waals surface area contributed by atoms with Gasteiger partial charge in [-0.25, -0.2) is 14.6 Å². The minimum atomic E-state index is -0.280. The molecule has 3 aromatic rings. The van der Waals surface area contributed by atoms with Gasteiger partial charge in [0.25, 0.3) is 5.91 Å². The Balaban J connectivity index is 1.74. The Morgan fingerprint density at radius 2 is 1.91 bits per heavy atom. The number of aromatic nitrogens is 4. The van der Waals surface area contributed by atoms with Crippen LogP contribution < -0.4 is 5.32 Å². The first-order valence-electron chi connectivity index (χ1n) is 6.40. The molecule has 0 atom stereocenters. The summed E-state index contributed by atoms with van der Waals surface area (Å²) in [7, 11) is 0. The lowest BCUT2D eigenvalue weighted by Gasteiger charge is -2.02. The van der Waals surface area contributed by atoms with Crippen LogP contribution in [-0.4, -0.2) is 25.7 Å². The van der Waals surface area contributed by atoms with Gasteiger partial charge < -0.3 is 5.32 Å². The van der Waals surface area contributed by atoms with Crippen LogP contribution in [0.5, 0.6) is 0 Å². The van der Waals surface area contributed by atoms with E-state index in [9.17, 15) is 4.79 Å². The van der Waals surface area contributed by atoms with E-state index >= 15 is 0 Å². The fourth-order valence-corrected chi connectivity index (χ4v) is 1.81. The first-order valence-corrected chi connectivity index (χ1v) is 6.40. The highest BCUT2D eigenvalue weighted by atomic mass is 16.1. The number of amides is 1. The van der Waals surface area contributed by atoms with Gasteiger partial charge in [0.1, 0.15) is 0 Å². The van der Waals surface area contributed by atoms with Crippen molar-refractivity contribution in [3.8, 4) is 12.0 Å². The van der Waals surface area contributed by atoms with Crippen LogP contribution in [0.15, 0.2) is 55.1 Å². The number of hydrogen-bond acceptors (Lipinski definition) is 5. The molecule has 0 spiro atoms. The molecule has 0 fully saturated rings. The monoisotopic (exact) mass is 290 g/mol. The van der Waals surface area contributed by atoms with Crippen molar-refractivity contribution in [2.24, 2.45) is 0 Å². The predicted octanol–water partition coefficient (Wildman–Crippen LogP) is 1.79. The van der Waals surface area contributed by atoms with Crippen LogP contribution in [0.25, 0.3) is 5.95 Å². The molecule has 0 aliphatic heterocycles. The topological polar surface area (TPSA) is 96.5 Å². The van der Waals surface area contributed by atoms with Gasteiger partial charge in [-0.2, -0.15) is 10.4 Å². The summed E-state index contributed by atoms with van der Waals surface area (Å²) in [5, 5.41) is 15.6. The fraction of sp³-hybridized carbons (Fsp3) is 0. The Morgan fingerprint density at radius 3 is 2.59 bits per heavy atom. The van der Waals surface area contributed by atoms with Gasteiger partial charge in [-0.05, 0) is 30.3 Å². The maximum Gasteiger partial charge on any atom is 0.255 e. The van der Waals surface area contributed by atoms with Crippen LogP contribution in [0.3, 0.4) is 0 Å². The maximum atomic E-state index is 12.1. The molecule has 1 aromatic carbocycles. The van der Waals surface area contributed by atoms with Gasteiger partial charge in [0.15, 0.2) is 0 Å². The van der Waals surface area contributed by atoms with Gasteiger partial charge in [-0.3, -0.25) is 4.79 Å². The minimum absolute atomic E-state index is 0.280. The zero-order valence-electron chi connectivity index (χ0n) is 11.3. The molecule has 2 heterocycles. The zero-order valence-corrected chi connectivity index (χ0v) is 11.3. The van der Waals surface area contributed by atoms with Crippen molar-refractivity contribution in [2.75, 3.05) is 5.32 Å². The number of hydrogen-bond donors (Lipinski definition) is 1. The van der Waals surface area contributed by atoms with E-state index in [1.165, 1.54) is 10.9 Å². The van der Waals surface area contributed by atoms with E-state index in [1.807, 2.05) is 6.07 Å². The highest BCUT2D eigenvalue weighted by molar-refractivity contribution is 6.04. The first kappa shape index (κ1) is 13.5. The van der Waals surface area contributed by atoms with Crippen molar-refractivity contribution < 1.29 is 4.79 Å². The molecule has 7 nitrogen and oxygen atoms in total. The Hall–Kier alpha value is -3.53. The number of carbonyl (C=O) groups is 1. The van der Waals surface area contributed by atoms with Crippen LogP contribution in [0.1, 0.15) is 15.9 Å². The number of anilines is 1. The van der Waals surface area contributed by atoms with Crippen molar-refractivity contribution in [3.05, 3.63) is 66.2 Å². The molecule has 0 aliphatic rings. The number of carbonyl (C=O) groups excluding carboxylic acids is 1. The van der Waals surface area contributed by atoms with Crippen molar-refractivity contribution in [3.63, 3.8) is 0 Å². The normalized spacial score (nSPS) is 9.95. The summed E-state index contributed by atoms with van der Waals surface area (Å²) in [5.41, 5.74) is 1.50. The second-order valence-corrected chi connectivity index (χ2v) is 4.37. The van der Waals surface area contributed by atoms with Gasteiger partial charge in [0.05, 0.1) is 29.7 Å². The molecule has 106 valence electrons. The lowest BCUT2D eigenvalue weighted by Crippen LogP contribution is -2.11. The van der Waals surface area contributed by atoms with E-state index in [4.69, 9.17) is 5.26 Å². The molecule has 0 saturated carbocycles. The summed E-state index contributed by atoms with van der Waals surface area (Å²) in [4.78, 5) is 20.2. The molecule has 7 heteroatoms. The molecular weight excluding hydrogens is 280 g/mol. The Morgan fingerprint density at radius 1 is 1.18 bits per heavy atom. The third kappa shape index (κ3) is 2.81. The molecule has 3 rings (SSSR count). The third-order valence-corrected chi connectivity index (χ3v) is 2.87. The minimum Gasteiger partial charge on any atom is -0.319 e. The smallest absolute Gasteiger partial charge is 0.255 e. The number of nitrogens with one attached hydrogen (secondary N) is 1. The Bertz CT molecular complexity index is 832. The molecule has 0 bridgehead atoms. The standard InChI is InChI=1S/C15H10N6O/c16-8-11-2-4-12(5-3-11)14(22)20-13-9-19-21(10-13)15-17-6-1-7-18-15/h1-7,9-10H,(H,20,22). The highest BCUT2D eigenvalue weighted by Crippen LogP contribution is 2.11. The quantitative estimate of drug-likeness (QED) is 0.793. The molecule has 2 aromatic heterocycles. The van der Waals surface area contributed by atoms with Crippen molar-refractivity contribution >= 4 is 11.6 Å². The number of nitriles is 1. The predicted molar refractivity (Wildman–Crippen MR) is 78.3 cm³/mol. The summed E-state index contributed by atoms with van der Waals surface area (Å²) in [6.07, 6.45) is 6.35. The van der Waals surface area contributed by atoms with Gasteiger partial charge in [0.2, 0.25) is 5.95 Å². The molecule has 1 amide bonds. The number of rotatable bonds is 3. The van der Waals surface area contributed by atoms with Crippen LogP contribution in [0, 0.1) is 11.3 Å². The summed E-state index contributed by atoms with van der Waals surface area (Å²) in [6, 6.07) is 10.1. The van der Waals surface area contributed by atoms with Crippen molar-refractivity contribution in [1.82, 2.24) is 19.7 Å². The molecule has 22 heavy (non-hydrogen) atoms. The first-order chi connectivity index (χ1) is 10.8. The van der Waals surface area contributed by atoms with Crippen LogP contribution in [0.2, 0.25) is 0 Å². The number of benzene rings is 1. The molecular formula is C15H10N6O. The zero-order chi connectivity index (χ0) is 15.4. The van der Waals surface area contributed by atoms with Crippen molar-refractivity contribution in [1.29, 1.82) is 5.26 Å². The lowest BCUT2D eigenvalue weighted by atomic mass is 10.1. The summed E-state index contributed by atoms with van der Waals surface area (Å²) >= 11 is 0. The summed E-state index contributed by atoms with van der Waals surface area (Å²) in [6.45, 7) is 0. The van der Waals surface area contributed by atoms with Gasteiger partial charge in [0, 0.05) is 18.0 Å². The van der Waals surface area contributed by atoms with E-state index in [-0.39, 0.29) is 5.91 Å². The van der Waals surface area contributed by atoms with Crippen LogP contribution >= 0.6 is 0 Å². The average molecular weight is 290 g/mol. The van der Waals surface area contributed by atoms with Crippen molar-refractivity contribution in [2.45, 2.75) is 0 Å². The lowest BCUT2D eigenvalue weighted by molar-refractivity contribution is 0.102. The van der Waals surface area contributed by atoms with Gasteiger partial charge in [-0.1, -0.05) is 0 Å². The molecule has 1 N–H and O–H groups in total. The van der Waals surface area contributed by atoms with Gasteiger partial charge in [-0.15, -0.1) is 0 Å². The van der Waals surface area contributed by atoms with Gasteiger partial charge >= 0.3 is 0 Å². The Kier molecular flexibility index (Phi) is 3.58. The number of nitrogens with zero attached hydrogens (tertiary/aromatic N) is 5. The molecule has 0 saturated heterocycles. The fourth-order valence-electron chi connectivity index (χ4n) is 1.81. The molecule has 0 aliphatic carbocycles. The van der Waals surface area contributed by atoms with E-state index in [0.29, 0.717) is 22.8 Å². The van der Waals surface area contributed by atoms with E-state index in [1.54, 1.807) is 48.9 Å². The van der Waals surface area contributed by atoms with Crippen LogP contribution in [-0.2, 0) is 0 Å². The second-order valence-electron chi connectivity index (χ2n) is 4.37. The summed E-state index contributed by atoms with van der Waals surface area (Å²) in [5.74, 6) is 0.138. The second kappa shape index (κ2) is 5.85. The van der Waals surface area contributed by atoms with E-state index in [0.717, 1.165) is 0 Å². The third-order valence-electron chi connectivity index (χ3n) is 2.87. The average Bonchev–Trinajstić information content (AvgIpc) is 3.04. The molecule has 0 radical (unpaired) electrons. The van der Waals surface area contributed by atoms with E-state index in [2.05, 4.69) is 20.4 Å². The van der Waals surface area contributed by atoms with E-state index < -0.39 is 0 Å². The maximum absolute atomic E-state index is 12.1. The highest BCUT2D eigenvalue weighted by Gasteiger charge is 2.08. The van der Waals surface area contributed by atoms with Crippen LogP contribution in [0.4, 0.5) is 5.69 Å². The SMILES string of the molecule is N#Cc1ccc(C(=O)Nc2cnn(-c3ncccn3)c2)cc1. The molecule has 0 unspecified atom stereocenters. The Labute approximate surface area is 125 Å². The largest absolute Gasteiger partial charge is 0.319 e. The summed E-state index contributed by atoms with van der Waals surface area (Å²) < 4.78 is 1.47.